The van der Waals surface area contributed by atoms with E-state index in [0.717, 1.165) is 25.9 Å². The number of carbonyl (C=O) groups is 1. The first-order valence-electron chi connectivity index (χ1n) is 9.73. The van der Waals surface area contributed by atoms with Gasteiger partial charge in [-0.2, -0.15) is 0 Å². The molecule has 2 N–H and O–H groups in total. The Morgan fingerprint density at radius 3 is 2.70 bits per heavy atom. The van der Waals surface area contributed by atoms with Crippen LogP contribution in [0.25, 0.3) is 0 Å². The number of halogens is 1. The van der Waals surface area contributed by atoms with Crippen LogP contribution in [0.5, 0.6) is 0 Å². The number of amides is 1. The predicted molar refractivity (Wildman–Crippen MR) is 122 cm³/mol. The molecule has 27 heavy (non-hydrogen) atoms. The number of aliphatic imine (C=N–C) groups is 1. The van der Waals surface area contributed by atoms with Crippen LogP contribution >= 0.6 is 24.0 Å². The molecule has 148 valence electrons. The molecule has 0 saturated carbocycles. The highest BCUT2D eigenvalue weighted by Crippen LogP contribution is 2.19. The Labute approximate surface area is 179 Å². The van der Waals surface area contributed by atoms with Crippen molar-refractivity contribution in [3.63, 3.8) is 0 Å². The molecular weight excluding hydrogens is 451 g/mol. The molecule has 2 aliphatic rings. The van der Waals surface area contributed by atoms with E-state index in [-0.39, 0.29) is 36.4 Å². The summed E-state index contributed by atoms with van der Waals surface area (Å²) in [6, 6.07) is 8.38. The van der Waals surface area contributed by atoms with Gasteiger partial charge in [0.1, 0.15) is 0 Å². The van der Waals surface area contributed by atoms with Crippen molar-refractivity contribution in [1.82, 2.24) is 15.5 Å². The van der Waals surface area contributed by atoms with E-state index in [0.29, 0.717) is 12.5 Å². The third-order valence-corrected chi connectivity index (χ3v) is 5.24. The van der Waals surface area contributed by atoms with Gasteiger partial charge in [-0.3, -0.25) is 9.79 Å². The molecule has 0 unspecified atom stereocenters. The van der Waals surface area contributed by atoms with E-state index in [1.165, 1.54) is 36.8 Å². The van der Waals surface area contributed by atoms with Crippen LogP contribution in [0.15, 0.2) is 40.9 Å². The number of benzene rings is 1. The molecule has 0 bridgehead atoms. The second kappa shape index (κ2) is 11.3. The zero-order valence-corrected chi connectivity index (χ0v) is 18.5. The number of nitrogens with one attached hydrogen (secondary N) is 2. The molecule has 1 aliphatic carbocycles. The van der Waals surface area contributed by atoms with Crippen LogP contribution in [-0.2, 0) is 17.8 Å². The third-order valence-electron chi connectivity index (χ3n) is 5.24. The Hall–Kier alpha value is -1.57. The molecule has 0 spiro atoms. The van der Waals surface area contributed by atoms with Crippen molar-refractivity contribution in [2.75, 3.05) is 26.7 Å². The number of nitrogens with zero attached hydrogens (tertiary/aromatic N) is 2. The van der Waals surface area contributed by atoms with E-state index in [1.807, 2.05) is 11.0 Å². The monoisotopic (exact) mass is 482 g/mol. The average molecular weight is 482 g/mol. The number of carbonyl (C=O) groups excluding carboxylic acids is 1. The zero-order chi connectivity index (χ0) is 18.2. The highest BCUT2D eigenvalue weighted by molar-refractivity contribution is 14.0. The molecule has 5 nitrogen and oxygen atoms in total. The van der Waals surface area contributed by atoms with E-state index < -0.39 is 0 Å². The van der Waals surface area contributed by atoms with Gasteiger partial charge in [-0.25, -0.2) is 0 Å². The molecule has 1 amide bonds. The molecule has 3 rings (SSSR count). The van der Waals surface area contributed by atoms with Crippen LogP contribution < -0.4 is 10.6 Å². The highest BCUT2D eigenvalue weighted by atomic mass is 127. The third kappa shape index (κ3) is 6.52. The van der Waals surface area contributed by atoms with Gasteiger partial charge in [-0.05, 0) is 49.7 Å². The summed E-state index contributed by atoms with van der Waals surface area (Å²) >= 11 is 0. The van der Waals surface area contributed by atoms with Crippen molar-refractivity contribution >= 4 is 35.8 Å². The lowest BCUT2D eigenvalue weighted by atomic mass is 9.97. The predicted octanol–water partition coefficient (Wildman–Crippen LogP) is 3.24. The fourth-order valence-electron chi connectivity index (χ4n) is 3.67. The first-order chi connectivity index (χ1) is 12.8. The highest BCUT2D eigenvalue weighted by Gasteiger charge is 2.20. The number of hydrogen-bond donors (Lipinski definition) is 2. The lowest BCUT2D eigenvalue weighted by Gasteiger charge is -2.29. The van der Waals surface area contributed by atoms with Crippen LogP contribution in [0.2, 0.25) is 0 Å². The maximum atomic E-state index is 12.5. The normalized spacial score (nSPS) is 16.7. The van der Waals surface area contributed by atoms with Gasteiger partial charge in [-0.15, -0.1) is 24.0 Å². The van der Waals surface area contributed by atoms with E-state index in [2.05, 4.69) is 39.9 Å². The first-order valence-corrected chi connectivity index (χ1v) is 9.73. The standard InChI is InChI=1S/C21H30N4O.HI/c1-22-21(23-13-11-17-7-3-2-4-8-17)24-15-20(26)25-14-12-18-9-5-6-10-19(18)16-25;/h5-7,9-10H,2-4,8,11-16H2,1H3,(H2,22,23,24);1H. The number of rotatable bonds is 5. The van der Waals surface area contributed by atoms with Gasteiger partial charge in [0.25, 0.3) is 0 Å². The summed E-state index contributed by atoms with van der Waals surface area (Å²) in [5.41, 5.74) is 4.16. The average Bonchev–Trinajstić information content (AvgIpc) is 2.70. The minimum absolute atomic E-state index is 0. The molecule has 0 saturated heterocycles. The quantitative estimate of drug-likeness (QED) is 0.293. The van der Waals surface area contributed by atoms with Gasteiger partial charge < -0.3 is 15.5 Å². The Balaban J connectivity index is 0.00000261. The molecule has 1 aromatic carbocycles. The summed E-state index contributed by atoms with van der Waals surface area (Å²) in [5.74, 6) is 0.824. The number of hydrogen-bond acceptors (Lipinski definition) is 2. The van der Waals surface area contributed by atoms with Gasteiger partial charge in [0.2, 0.25) is 5.91 Å². The van der Waals surface area contributed by atoms with Crippen molar-refractivity contribution in [1.29, 1.82) is 0 Å². The van der Waals surface area contributed by atoms with Gasteiger partial charge in [0.05, 0.1) is 6.54 Å². The summed E-state index contributed by atoms with van der Waals surface area (Å²) in [5, 5.41) is 6.47. The number of guanidine groups is 1. The minimum atomic E-state index is 0. The second-order valence-corrected chi connectivity index (χ2v) is 7.04. The summed E-state index contributed by atoms with van der Waals surface area (Å²) in [6.45, 7) is 2.63. The van der Waals surface area contributed by atoms with Crippen LogP contribution in [0, 0.1) is 0 Å². The minimum Gasteiger partial charge on any atom is -0.356 e. The smallest absolute Gasteiger partial charge is 0.242 e. The number of fused-ring (bicyclic) bond motifs is 1. The zero-order valence-electron chi connectivity index (χ0n) is 16.2. The van der Waals surface area contributed by atoms with Crippen LogP contribution in [0.4, 0.5) is 0 Å². The fourth-order valence-corrected chi connectivity index (χ4v) is 3.67. The van der Waals surface area contributed by atoms with Crippen LogP contribution in [-0.4, -0.2) is 43.4 Å². The van der Waals surface area contributed by atoms with E-state index >= 15 is 0 Å². The van der Waals surface area contributed by atoms with Crippen molar-refractivity contribution in [3.05, 3.63) is 47.0 Å². The van der Waals surface area contributed by atoms with Gasteiger partial charge in [0.15, 0.2) is 5.96 Å². The Bertz CT molecular complexity index is 687. The Kier molecular flexibility index (Phi) is 9.10. The SMILES string of the molecule is CN=C(NCCC1=CCCCC1)NCC(=O)N1CCc2ccccc2C1.I. The van der Waals surface area contributed by atoms with Crippen molar-refractivity contribution in [2.24, 2.45) is 4.99 Å². The summed E-state index contributed by atoms with van der Waals surface area (Å²) in [4.78, 5) is 18.7. The molecule has 0 radical (unpaired) electrons. The molecular formula is C21H31IN4O. The molecule has 0 fully saturated rings. The largest absolute Gasteiger partial charge is 0.356 e. The lowest BCUT2D eigenvalue weighted by molar-refractivity contribution is -0.130. The van der Waals surface area contributed by atoms with Crippen molar-refractivity contribution in [2.45, 2.75) is 45.1 Å². The molecule has 1 aliphatic heterocycles. The molecule has 1 heterocycles. The molecule has 0 atom stereocenters. The van der Waals surface area contributed by atoms with Crippen molar-refractivity contribution in [3.8, 4) is 0 Å². The summed E-state index contributed by atoms with van der Waals surface area (Å²) < 4.78 is 0. The topological polar surface area (TPSA) is 56.7 Å². The van der Waals surface area contributed by atoms with E-state index in [9.17, 15) is 4.79 Å². The summed E-state index contributed by atoms with van der Waals surface area (Å²) in [7, 11) is 1.75. The summed E-state index contributed by atoms with van der Waals surface area (Å²) in [6.07, 6.45) is 9.44. The van der Waals surface area contributed by atoms with Crippen LogP contribution in [0.3, 0.4) is 0 Å². The van der Waals surface area contributed by atoms with Gasteiger partial charge in [0, 0.05) is 26.7 Å². The lowest BCUT2D eigenvalue weighted by Crippen LogP contribution is -2.46. The van der Waals surface area contributed by atoms with Crippen molar-refractivity contribution < 1.29 is 4.79 Å². The number of allylic oxidation sites excluding steroid dienone is 1. The fraction of sp³-hybridized carbons (Fsp3) is 0.524. The Morgan fingerprint density at radius 2 is 1.96 bits per heavy atom. The first kappa shape index (κ1) is 21.7. The van der Waals surface area contributed by atoms with Gasteiger partial charge >= 0.3 is 0 Å². The van der Waals surface area contributed by atoms with Crippen LogP contribution in [0.1, 0.15) is 43.2 Å². The molecule has 0 aromatic heterocycles. The molecule has 6 heteroatoms. The van der Waals surface area contributed by atoms with E-state index in [1.54, 1.807) is 12.6 Å². The maximum Gasteiger partial charge on any atom is 0.242 e. The maximum absolute atomic E-state index is 12.5. The second-order valence-electron chi connectivity index (χ2n) is 7.04. The Morgan fingerprint density at radius 1 is 1.15 bits per heavy atom. The van der Waals surface area contributed by atoms with Gasteiger partial charge in [-0.1, -0.05) is 35.9 Å². The van der Waals surface area contributed by atoms with E-state index in [4.69, 9.17) is 0 Å². The molecule has 1 aromatic rings.